The van der Waals surface area contributed by atoms with Crippen LogP contribution in [0.25, 0.3) is 0 Å². The fraction of sp³-hybridized carbons (Fsp3) is 0.556. The molecule has 13 heavy (non-hydrogen) atoms. The van der Waals surface area contributed by atoms with E-state index in [0.717, 1.165) is 12.0 Å². The molecule has 0 N–H and O–H groups in total. The van der Waals surface area contributed by atoms with Gasteiger partial charge in [-0.2, -0.15) is 5.10 Å². The van der Waals surface area contributed by atoms with Crippen LogP contribution in [0.1, 0.15) is 36.3 Å². The smallest absolute Gasteiger partial charge is 0.168 e. The molecule has 0 amide bonds. The summed E-state index contributed by atoms with van der Waals surface area (Å²) in [5, 5.41) is 4.16. The number of aldehydes is 1. The molecule has 1 aromatic rings. The molecular formula is C9H14N2O2. The molecule has 0 spiro atoms. The molecule has 0 aromatic carbocycles. The lowest BCUT2D eigenvalue weighted by Crippen LogP contribution is -2.13. The Morgan fingerprint density at radius 1 is 1.77 bits per heavy atom. The quantitative estimate of drug-likeness (QED) is 0.664. The Hall–Kier alpha value is -1.16. The molecule has 0 aliphatic carbocycles. The minimum Gasteiger partial charge on any atom is -0.357 e. The van der Waals surface area contributed by atoms with Crippen LogP contribution in [0.15, 0.2) is 6.07 Å². The number of hydrogen-bond donors (Lipinski definition) is 0. The molecule has 1 rings (SSSR count). The van der Waals surface area contributed by atoms with Gasteiger partial charge < -0.3 is 4.74 Å². The SMILES string of the molecule is CCO[C@H](C)n1nc(C)cc1C=O. The fourth-order valence-electron chi connectivity index (χ4n) is 1.23. The number of carbonyl (C=O) groups is 1. The van der Waals surface area contributed by atoms with Crippen molar-refractivity contribution in [2.45, 2.75) is 27.0 Å². The first kappa shape index (κ1) is 9.92. The lowest BCUT2D eigenvalue weighted by atomic mass is 10.4. The molecule has 0 bridgehead atoms. The molecule has 0 unspecified atom stereocenters. The summed E-state index contributed by atoms with van der Waals surface area (Å²) >= 11 is 0. The van der Waals surface area contributed by atoms with Gasteiger partial charge in [0.05, 0.1) is 5.69 Å². The van der Waals surface area contributed by atoms with E-state index in [1.165, 1.54) is 0 Å². The molecule has 72 valence electrons. The van der Waals surface area contributed by atoms with Crippen molar-refractivity contribution in [2.75, 3.05) is 6.61 Å². The van der Waals surface area contributed by atoms with Gasteiger partial charge in [-0.1, -0.05) is 0 Å². The van der Waals surface area contributed by atoms with Crippen LogP contribution in [-0.2, 0) is 4.74 Å². The molecule has 0 radical (unpaired) electrons. The lowest BCUT2D eigenvalue weighted by molar-refractivity contribution is 0.0144. The van der Waals surface area contributed by atoms with E-state index in [1.54, 1.807) is 10.7 Å². The number of rotatable bonds is 4. The number of carbonyl (C=O) groups excluding carboxylic acids is 1. The second kappa shape index (κ2) is 4.18. The van der Waals surface area contributed by atoms with Gasteiger partial charge in [-0.25, -0.2) is 4.68 Å². The number of aromatic nitrogens is 2. The highest BCUT2D eigenvalue weighted by Crippen LogP contribution is 2.10. The topological polar surface area (TPSA) is 44.1 Å². The summed E-state index contributed by atoms with van der Waals surface area (Å²) in [4.78, 5) is 10.6. The molecule has 0 aliphatic rings. The van der Waals surface area contributed by atoms with Crippen molar-refractivity contribution in [3.63, 3.8) is 0 Å². The van der Waals surface area contributed by atoms with Crippen molar-refractivity contribution in [2.24, 2.45) is 0 Å². The average Bonchev–Trinajstić information content (AvgIpc) is 2.47. The van der Waals surface area contributed by atoms with Crippen LogP contribution < -0.4 is 0 Å². The summed E-state index contributed by atoms with van der Waals surface area (Å²) in [6.45, 7) is 6.23. The summed E-state index contributed by atoms with van der Waals surface area (Å²) in [5.41, 5.74) is 1.38. The molecular weight excluding hydrogens is 168 g/mol. The van der Waals surface area contributed by atoms with Crippen molar-refractivity contribution in [3.05, 3.63) is 17.5 Å². The maximum atomic E-state index is 10.6. The van der Waals surface area contributed by atoms with Gasteiger partial charge in [-0.05, 0) is 26.8 Å². The van der Waals surface area contributed by atoms with Gasteiger partial charge in [0.1, 0.15) is 11.9 Å². The summed E-state index contributed by atoms with van der Waals surface area (Å²) < 4.78 is 6.91. The van der Waals surface area contributed by atoms with Crippen LogP contribution in [0, 0.1) is 6.92 Å². The number of aryl methyl sites for hydroxylation is 1. The van der Waals surface area contributed by atoms with E-state index < -0.39 is 0 Å². The Kier molecular flexibility index (Phi) is 3.19. The van der Waals surface area contributed by atoms with Gasteiger partial charge in [-0.3, -0.25) is 4.79 Å². The van der Waals surface area contributed by atoms with Gasteiger partial charge in [0, 0.05) is 6.61 Å². The fourth-order valence-corrected chi connectivity index (χ4v) is 1.23. The van der Waals surface area contributed by atoms with E-state index in [1.807, 2.05) is 20.8 Å². The summed E-state index contributed by atoms with van der Waals surface area (Å²) in [5.74, 6) is 0. The Bertz CT molecular complexity index is 294. The maximum absolute atomic E-state index is 10.6. The highest BCUT2D eigenvalue weighted by Gasteiger charge is 2.10. The second-order valence-corrected chi connectivity index (χ2v) is 2.83. The first-order chi connectivity index (χ1) is 6.19. The standard InChI is InChI=1S/C9H14N2O2/c1-4-13-8(3)11-9(6-12)5-7(2)10-11/h5-6,8H,4H2,1-3H3/t8-/m1/s1. The minimum absolute atomic E-state index is 0.182. The highest BCUT2D eigenvalue weighted by molar-refractivity contribution is 5.72. The monoisotopic (exact) mass is 182 g/mol. The van der Waals surface area contributed by atoms with Crippen LogP contribution >= 0.6 is 0 Å². The summed E-state index contributed by atoms with van der Waals surface area (Å²) in [6, 6.07) is 1.74. The van der Waals surface area contributed by atoms with Crippen molar-refractivity contribution < 1.29 is 9.53 Å². The van der Waals surface area contributed by atoms with Crippen LogP contribution in [0.3, 0.4) is 0 Å². The minimum atomic E-state index is -0.182. The molecule has 0 saturated heterocycles. The van der Waals surface area contributed by atoms with Crippen LogP contribution in [0.5, 0.6) is 0 Å². The molecule has 0 fully saturated rings. The van der Waals surface area contributed by atoms with Gasteiger partial charge in [0.2, 0.25) is 0 Å². The lowest BCUT2D eigenvalue weighted by Gasteiger charge is -2.12. The zero-order valence-corrected chi connectivity index (χ0v) is 8.15. The van der Waals surface area contributed by atoms with E-state index >= 15 is 0 Å². The third-order valence-electron chi connectivity index (χ3n) is 1.76. The molecule has 4 nitrogen and oxygen atoms in total. The number of ether oxygens (including phenoxy) is 1. The zero-order chi connectivity index (χ0) is 9.84. The van der Waals surface area contributed by atoms with E-state index in [0.29, 0.717) is 12.3 Å². The van der Waals surface area contributed by atoms with Crippen LogP contribution in [-0.4, -0.2) is 22.7 Å². The molecule has 0 saturated carbocycles. The predicted molar refractivity (Wildman–Crippen MR) is 48.7 cm³/mol. The number of hydrogen-bond acceptors (Lipinski definition) is 3. The van der Waals surface area contributed by atoms with E-state index in [-0.39, 0.29) is 6.23 Å². The van der Waals surface area contributed by atoms with E-state index in [9.17, 15) is 4.79 Å². The van der Waals surface area contributed by atoms with Crippen LogP contribution in [0.4, 0.5) is 0 Å². The Balaban J connectivity index is 2.91. The largest absolute Gasteiger partial charge is 0.357 e. The van der Waals surface area contributed by atoms with Gasteiger partial charge in [0.25, 0.3) is 0 Å². The third-order valence-corrected chi connectivity index (χ3v) is 1.76. The Labute approximate surface area is 77.5 Å². The van der Waals surface area contributed by atoms with Crippen molar-refractivity contribution in [3.8, 4) is 0 Å². The Morgan fingerprint density at radius 3 is 3.00 bits per heavy atom. The van der Waals surface area contributed by atoms with Gasteiger partial charge >= 0.3 is 0 Å². The van der Waals surface area contributed by atoms with Crippen molar-refractivity contribution in [1.29, 1.82) is 0 Å². The highest BCUT2D eigenvalue weighted by atomic mass is 16.5. The second-order valence-electron chi connectivity index (χ2n) is 2.83. The molecule has 1 heterocycles. The van der Waals surface area contributed by atoms with Crippen molar-refractivity contribution >= 4 is 6.29 Å². The van der Waals surface area contributed by atoms with E-state index in [2.05, 4.69) is 5.10 Å². The first-order valence-electron chi connectivity index (χ1n) is 4.32. The third kappa shape index (κ3) is 2.15. The predicted octanol–water partition coefficient (Wildman–Crippen LogP) is 1.56. The van der Waals surface area contributed by atoms with Gasteiger partial charge in [-0.15, -0.1) is 0 Å². The first-order valence-corrected chi connectivity index (χ1v) is 4.32. The normalized spacial score (nSPS) is 12.8. The number of nitrogens with zero attached hydrogens (tertiary/aromatic N) is 2. The summed E-state index contributed by atoms with van der Waals surface area (Å²) in [6.07, 6.45) is 0.606. The average molecular weight is 182 g/mol. The van der Waals surface area contributed by atoms with Gasteiger partial charge in [0.15, 0.2) is 6.29 Å². The summed E-state index contributed by atoms with van der Waals surface area (Å²) in [7, 11) is 0. The molecule has 1 aromatic heterocycles. The van der Waals surface area contributed by atoms with E-state index in [4.69, 9.17) is 4.74 Å². The Morgan fingerprint density at radius 2 is 2.46 bits per heavy atom. The zero-order valence-electron chi connectivity index (χ0n) is 8.15. The van der Waals surface area contributed by atoms with Crippen LogP contribution in [0.2, 0.25) is 0 Å². The maximum Gasteiger partial charge on any atom is 0.168 e. The molecule has 1 atom stereocenters. The van der Waals surface area contributed by atoms with Crippen molar-refractivity contribution in [1.82, 2.24) is 9.78 Å². The molecule has 0 aliphatic heterocycles. The molecule has 4 heteroatoms.